The Morgan fingerprint density at radius 3 is 2.65 bits per heavy atom. The van der Waals surface area contributed by atoms with Crippen molar-refractivity contribution in [3.05, 3.63) is 53.1 Å². The van der Waals surface area contributed by atoms with Crippen LogP contribution in [0.3, 0.4) is 0 Å². The summed E-state index contributed by atoms with van der Waals surface area (Å²) in [7, 11) is -0.0391. The minimum atomic E-state index is -1.54. The van der Waals surface area contributed by atoms with Gasteiger partial charge in [-0.3, -0.25) is 0 Å². The number of thioether (sulfide) groups is 1. The van der Waals surface area contributed by atoms with Gasteiger partial charge in [0.2, 0.25) is 0 Å². The van der Waals surface area contributed by atoms with Crippen molar-refractivity contribution in [2.45, 2.75) is 10.6 Å². The van der Waals surface area contributed by atoms with Gasteiger partial charge in [0.05, 0.1) is 7.11 Å². The molecule has 0 aromatic heterocycles. The van der Waals surface area contributed by atoms with Gasteiger partial charge >= 0.3 is 7.12 Å². The quantitative estimate of drug-likeness (QED) is 0.657. The Morgan fingerprint density at radius 1 is 1.20 bits per heavy atom. The normalized spacial score (nSPS) is 10.4. The van der Waals surface area contributed by atoms with Gasteiger partial charge in [-0.1, -0.05) is 29.8 Å². The molecule has 0 aliphatic carbocycles. The molecule has 0 atom stereocenters. The number of hydrogen-bond donors (Lipinski definition) is 2. The lowest BCUT2D eigenvalue weighted by Gasteiger charge is -2.10. The maximum Gasteiger partial charge on any atom is 0.492 e. The second-order valence-electron chi connectivity index (χ2n) is 4.20. The standard InChI is InChI=1S/C14H14BClO3S/c1-19-14-6-5-10(7-13(14)15(17)18)9-20-12-4-2-3-11(16)8-12/h2-8,17-18H,9H2,1H3. The van der Waals surface area contributed by atoms with Crippen LogP contribution in [0.15, 0.2) is 47.4 Å². The van der Waals surface area contributed by atoms with E-state index in [-0.39, 0.29) is 0 Å². The topological polar surface area (TPSA) is 49.7 Å². The van der Waals surface area contributed by atoms with E-state index in [4.69, 9.17) is 16.3 Å². The molecule has 3 nitrogen and oxygen atoms in total. The monoisotopic (exact) mass is 308 g/mol. The van der Waals surface area contributed by atoms with E-state index < -0.39 is 7.12 Å². The summed E-state index contributed by atoms with van der Waals surface area (Å²) < 4.78 is 5.10. The molecule has 0 radical (unpaired) electrons. The fourth-order valence-corrected chi connectivity index (χ4v) is 2.95. The van der Waals surface area contributed by atoms with Crippen molar-refractivity contribution in [1.82, 2.24) is 0 Å². The zero-order chi connectivity index (χ0) is 14.5. The number of halogens is 1. The van der Waals surface area contributed by atoms with Gasteiger partial charge in [-0.2, -0.15) is 0 Å². The third kappa shape index (κ3) is 3.93. The third-order valence-corrected chi connectivity index (χ3v) is 4.07. The van der Waals surface area contributed by atoms with Crippen LogP contribution in [0, 0.1) is 0 Å². The summed E-state index contributed by atoms with van der Waals surface area (Å²) in [6, 6.07) is 13.0. The summed E-state index contributed by atoms with van der Waals surface area (Å²) in [6.45, 7) is 0. The smallest absolute Gasteiger partial charge is 0.492 e. The van der Waals surface area contributed by atoms with Crippen LogP contribution in [-0.2, 0) is 5.75 Å². The van der Waals surface area contributed by atoms with Crippen molar-refractivity contribution < 1.29 is 14.8 Å². The highest BCUT2D eigenvalue weighted by Crippen LogP contribution is 2.25. The first kappa shape index (κ1) is 15.3. The summed E-state index contributed by atoms with van der Waals surface area (Å²) in [6.07, 6.45) is 0. The molecule has 2 rings (SSSR count). The number of benzene rings is 2. The van der Waals surface area contributed by atoms with E-state index in [0.29, 0.717) is 22.0 Å². The molecule has 2 N–H and O–H groups in total. The molecule has 2 aromatic rings. The zero-order valence-corrected chi connectivity index (χ0v) is 12.5. The van der Waals surface area contributed by atoms with E-state index >= 15 is 0 Å². The Balaban J connectivity index is 2.12. The molecular weight excluding hydrogens is 294 g/mol. The average Bonchev–Trinajstić information content (AvgIpc) is 2.45. The molecule has 0 aliphatic heterocycles. The van der Waals surface area contributed by atoms with Gasteiger partial charge in [0.1, 0.15) is 5.75 Å². The zero-order valence-electron chi connectivity index (χ0n) is 10.9. The summed E-state index contributed by atoms with van der Waals surface area (Å²) in [5.41, 5.74) is 1.36. The molecular formula is C14H14BClO3S. The molecule has 0 heterocycles. The first-order valence-electron chi connectivity index (χ1n) is 6.01. The molecule has 0 saturated carbocycles. The van der Waals surface area contributed by atoms with Crippen LogP contribution in [-0.4, -0.2) is 24.3 Å². The number of ether oxygens (including phenoxy) is 1. The Kier molecular flexibility index (Phi) is 5.37. The van der Waals surface area contributed by atoms with E-state index in [2.05, 4.69) is 0 Å². The van der Waals surface area contributed by atoms with Gasteiger partial charge in [0.15, 0.2) is 0 Å². The minimum Gasteiger partial charge on any atom is -0.497 e. The van der Waals surface area contributed by atoms with Crippen LogP contribution in [0.1, 0.15) is 5.56 Å². The van der Waals surface area contributed by atoms with Crippen LogP contribution in [0.2, 0.25) is 5.02 Å². The Hall–Kier alpha value is -1.14. The fraction of sp³-hybridized carbons (Fsp3) is 0.143. The molecule has 104 valence electrons. The second-order valence-corrected chi connectivity index (χ2v) is 5.68. The molecule has 2 aromatic carbocycles. The molecule has 0 aliphatic rings. The molecule has 0 spiro atoms. The van der Waals surface area contributed by atoms with Gasteiger partial charge in [-0.15, -0.1) is 11.8 Å². The Bertz CT molecular complexity index is 592. The lowest BCUT2D eigenvalue weighted by molar-refractivity contribution is 0.403. The van der Waals surface area contributed by atoms with Crippen molar-refractivity contribution in [2.24, 2.45) is 0 Å². The van der Waals surface area contributed by atoms with E-state index in [1.165, 1.54) is 7.11 Å². The molecule has 0 fully saturated rings. The molecule has 0 amide bonds. The predicted octanol–water partition coefficient (Wildman–Crippen LogP) is 2.32. The number of rotatable bonds is 5. The number of hydrogen-bond acceptors (Lipinski definition) is 4. The summed E-state index contributed by atoms with van der Waals surface area (Å²) in [5, 5.41) is 19.4. The van der Waals surface area contributed by atoms with Crippen LogP contribution >= 0.6 is 23.4 Å². The molecule has 0 unspecified atom stereocenters. The van der Waals surface area contributed by atoms with E-state index in [1.807, 2.05) is 30.3 Å². The highest BCUT2D eigenvalue weighted by molar-refractivity contribution is 7.98. The van der Waals surface area contributed by atoms with Crippen molar-refractivity contribution in [1.29, 1.82) is 0 Å². The van der Waals surface area contributed by atoms with E-state index in [9.17, 15) is 10.0 Å². The Labute approximate surface area is 127 Å². The van der Waals surface area contributed by atoms with Crippen molar-refractivity contribution >= 4 is 35.9 Å². The van der Waals surface area contributed by atoms with Crippen LogP contribution in [0.25, 0.3) is 0 Å². The van der Waals surface area contributed by atoms with Crippen LogP contribution < -0.4 is 10.2 Å². The average molecular weight is 309 g/mol. The maximum atomic E-state index is 9.33. The number of methoxy groups -OCH3 is 1. The lowest BCUT2D eigenvalue weighted by atomic mass is 9.79. The van der Waals surface area contributed by atoms with Crippen molar-refractivity contribution in [2.75, 3.05) is 7.11 Å². The highest BCUT2D eigenvalue weighted by Gasteiger charge is 2.17. The van der Waals surface area contributed by atoms with Crippen molar-refractivity contribution in [3.63, 3.8) is 0 Å². The predicted molar refractivity (Wildman–Crippen MR) is 83.8 cm³/mol. The van der Waals surface area contributed by atoms with Gasteiger partial charge in [-0.05, 0) is 29.8 Å². The maximum absolute atomic E-state index is 9.33. The molecule has 0 bridgehead atoms. The minimum absolute atomic E-state index is 0.372. The summed E-state index contributed by atoms with van der Waals surface area (Å²) >= 11 is 7.57. The lowest BCUT2D eigenvalue weighted by Crippen LogP contribution is -2.31. The van der Waals surface area contributed by atoms with E-state index in [0.717, 1.165) is 10.5 Å². The van der Waals surface area contributed by atoms with Gasteiger partial charge in [0, 0.05) is 21.1 Å². The van der Waals surface area contributed by atoms with Crippen LogP contribution in [0.5, 0.6) is 5.75 Å². The molecule has 20 heavy (non-hydrogen) atoms. The fourth-order valence-electron chi connectivity index (χ4n) is 1.80. The first-order chi connectivity index (χ1) is 9.60. The van der Waals surface area contributed by atoms with E-state index in [1.54, 1.807) is 23.9 Å². The molecule has 6 heteroatoms. The van der Waals surface area contributed by atoms with Gasteiger partial charge in [0.25, 0.3) is 0 Å². The van der Waals surface area contributed by atoms with Gasteiger partial charge < -0.3 is 14.8 Å². The summed E-state index contributed by atoms with van der Waals surface area (Å²) in [4.78, 5) is 1.07. The second kappa shape index (κ2) is 7.04. The highest BCUT2D eigenvalue weighted by atomic mass is 35.5. The SMILES string of the molecule is COc1ccc(CSc2cccc(Cl)c2)cc1B(O)O. The largest absolute Gasteiger partial charge is 0.497 e. The molecule has 0 saturated heterocycles. The Morgan fingerprint density at radius 2 is 2.00 bits per heavy atom. The van der Waals surface area contributed by atoms with Crippen LogP contribution in [0.4, 0.5) is 0 Å². The summed E-state index contributed by atoms with van der Waals surface area (Å²) in [5.74, 6) is 1.18. The van der Waals surface area contributed by atoms with Gasteiger partial charge in [-0.25, -0.2) is 0 Å². The first-order valence-corrected chi connectivity index (χ1v) is 7.38. The van der Waals surface area contributed by atoms with Crippen molar-refractivity contribution in [3.8, 4) is 5.75 Å². The third-order valence-electron chi connectivity index (χ3n) is 2.77.